The Labute approximate surface area is 85.6 Å². The lowest BCUT2D eigenvalue weighted by Crippen LogP contribution is -1.88. The largest absolute Gasteiger partial charge is 0.268 e. The van der Waals surface area contributed by atoms with Crippen LogP contribution in [0.3, 0.4) is 0 Å². The molecule has 2 heteroatoms. The molecule has 2 rings (SSSR count). The van der Waals surface area contributed by atoms with Gasteiger partial charge in [-0.3, -0.25) is 4.68 Å². The minimum absolute atomic E-state index is 1.07. The molecule has 14 heavy (non-hydrogen) atoms. The zero-order chi connectivity index (χ0) is 10.6. The first-order chi connectivity index (χ1) is 6.83. The van der Waals surface area contributed by atoms with Crippen LogP contribution in [0.25, 0.3) is 10.9 Å². The smallest absolute Gasteiger partial charge is 0.0681 e. The van der Waals surface area contributed by atoms with Gasteiger partial charge in [-0.05, 0) is 18.1 Å². The Morgan fingerprint density at radius 3 is 2.64 bits per heavy atom. The second kappa shape index (κ2) is 4.80. The molecule has 1 aromatic carbocycles. The minimum Gasteiger partial charge on any atom is -0.268 e. The van der Waals surface area contributed by atoms with Gasteiger partial charge in [-0.2, -0.15) is 5.10 Å². The predicted octanol–water partition coefficient (Wildman–Crippen LogP) is 3.16. The fraction of sp³-hybridized carbons (Fsp3) is 0.417. The molecule has 0 unspecified atom stereocenters. The van der Waals surface area contributed by atoms with E-state index < -0.39 is 0 Å². The van der Waals surface area contributed by atoms with Crippen molar-refractivity contribution in [2.45, 2.75) is 27.2 Å². The van der Waals surface area contributed by atoms with Gasteiger partial charge in [0, 0.05) is 12.4 Å². The third-order valence-electron chi connectivity index (χ3n) is 2.26. The summed E-state index contributed by atoms with van der Waals surface area (Å²) in [4.78, 5) is 0. The maximum Gasteiger partial charge on any atom is 0.0681 e. The van der Waals surface area contributed by atoms with Crippen LogP contribution in [-0.4, -0.2) is 9.78 Å². The van der Waals surface area contributed by atoms with E-state index in [1.54, 1.807) is 0 Å². The average molecular weight is 190 g/mol. The van der Waals surface area contributed by atoms with Crippen molar-refractivity contribution in [1.29, 1.82) is 0 Å². The monoisotopic (exact) mass is 190 g/mol. The van der Waals surface area contributed by atoms with Crippen LogP contribution >= 0.6 is 0 Å². The molecule has 0 saturated heterocycles. The zero-order valence-electron chi connectivity index (χ0n) is 9.41. The number of aryl methyl sites for hydroxylation is 2. The highest BCUT2D eigenvalue weighted by atomic mass is 15.2. The van der Waals surface area contributed by atoms with Crippen molar-refractivity contribution >= 4 is 10.9 Å². The fourth-order valence-corrected chi connectivity index (χ4v) is 1.55. The van der Waals surface area contributed by atoms with Gasteiger partial charge < -0.3 is 0 Å². The number of hydrogen-bond donors (Lipinski definition) is 0. The molecule has 0 amide bonds. The average Bonchev–Trinajstić information content (AvgIpc) is 2.64. The van der Waals surface area contributed by atoms with E-state index in [1.807, 2.05) is 31.8 Å². The quantitative estimate of drug-likeness (QED) is 0.675. The molecular weight excluding hydrogens is 172 g/mol. The molecule has 2 aromatic rings. The maximum absolute atomic E-state index is 4.22. The van der Waals surface area contributed by atoms with E-state index in [9.17, 15) is 0 Å². The van der Waals surface area contributed by atoms with Crippen LogP contribution < -0.4 is 0 Å². The van der Waals surface area contributed by atoms with E-state index in [1.165, 1.54) is 16.5 Å². The molecule has 0 radical (unpaired) electrons. The Bertz CT molecular complexity index is 402. The third-order valence-corrected chi connectivity index (χ3v) is 2.26. The molecule has 0 aliphatic rings. The van der Waals surface area contributed by atoms with Crippen molar-refractivity contribution in [2.24, 2.45) is 7.05 Å². The van der Waals surface area contributed by atoms with Gasteiger partial charge in [0.05, 0.1) is 11.7 Å². The number of rotatable bonds is 1. The molecule has 0 atom stereocenters. The lowest BCUT2D eigenvalue weighted by Gasteiger charge is -1.98. The van der Waals surface area contributed by atoms with Crippen molar-refractivity contribution in [3.8, 4) is 0 Å². The first kappa shape index (κ1) is 10.8. The predicted molar refractivity (Wildman–Crippen MR) is 61.4 cm³/mol. The standard InChI is InChI=1S/C10H12N2.C2H6/c1-3-8-5-4-6-10-9(8)7-11-12(10)2;1-2/h4-7H,3H2,1-2H3;1-2H3. The molecule has 0 saturated carbocycles. The summed E-state index contributed by atoms with van der Waals surface area (Å²) in [5.41, 5.74) is 2.59. The van der Waals surface area contributed by atoms with Crippen molar-refractivity contribution in [2.75, 3.05) is 0 Å². The molecule has 76 valence electrons. The van der Waals surface area contributed by atoms with E-state index in [-0.39, 0.29) is 0 Å². The second-order valence-electron chi connectivity index (χ2n) is 2.97. The van der Waals surface area contributed by atoms with E-state index in [0.717, 1.165) is 6.42 Å². The molecular formula is C12H18N2. The van der Waals surface area contributed by atoms with Gasteiger partial charge in [0.25, 0.3) is 0 Å². The number of benzene rings is 1. The summed E-state index contributed by atoms with van der Waals surface area (Å²) in [7, 11) is 1.97. The third kappa shape index (κ3) is 1.79. The van der Waals surface area contributed by atoms with Crippen LogP contribution in [0.15, 0.2) is 24.4 Å². The van der Waals surface area contributed by atoms with Crippen LogP contribution in [0.2, 0.25) is 0 Å². The van der Waals surface area contributed by atoms with Crippen LogP contribution in [0.5, 0.6) is 0 Å². The van der Waals surface area contributed by atoms with Gasteiger partial charge in [0.15, 0.2) is 0 Å². The summed E-state index contributed by atoms with van der Waals surface area (Å²) in [6.45, 7) is 6.17. The molecule has 0 spiro atoms. The molecule has 0 fully saturated rings. The van der Waals surface area contributed by atoms with Gasteiger partial charge in [-0.15, -0.1) is 0 Å². The summed E-state index contributed by atoms with van der Waals surface area (Å²) >= 11 is 0. The van der Waals surface area contributed by atoms with Gasteiger partial charge in [0.2, 0.25) is 0 Å². The number of aromatic nitrogens is 2. The lowest BCUT2D eigenvalue weighted by molar-refractivity contribution is 0.797. The van der Waals surface area contributed by atoms with E-state index in [2.05, 4.69) is 30.2 Å². The Balaban J connectivity index is 0.000000461. The summed E-state index contributed by atoms with van der Waals surface area (Å²) in [5, 5.41) is 5.50. The van der Waals surface area contributed by atoms with Gasteiger partial charge in [-0.1, -0.05) is 32.9 Å². The van der Waals surface area contributed by atoms with Crippen LogP contribution in [0, 0.1) is 0 Å². The summed E-state index contributed by atoms with van der Waals surface area (Å²) in [6.07, 6.45) is 3.01. The highest BCUT2D eigenvalue weighted by Gasteiger charge is 2.01. The first-order valence-corrected chi connectivity index (χ1v) is 5.22. The summed E-state index contributed by atoms with van der Waals surface area (Å²) in [6, 6.07) is 6.34. The fourth-order valence-electron chi connectivity index (χ4n) is 1.55. The van der Waals surface area contributed by atoms with Crippen LogP contribution in [0.1, 0.15) is 26.3 Å². The Hall–Kier alpha value is -1.31. The van der Waals surface area contributed by atoms with Crippen molar-refractivity contribution < 1.29 is 0 Å². The second-order valence-corrected chi connectivity index (χ2v) is 2.97. The molecule has 1 aromatic heterocycles. The Morgan fingerprint density at radius 1 is 1.29 bits per heavy atom. The summed E-state index contributed by atoms with van der Waals surface area (Å²) < 4.78 is 1.91. The highest BCUT2D eigenvalue weighted by Crippen LogP contribution is 2.17. The molecule has 0 N–H and O–H groups in total. The van der Waals surface area contributed by atoms with Crippen LogP contribution in [0.4, 0.5) is 0 Å². The van der Waals surface area contributed by atoms with Gasteiger partial charge in [0.1, 0.15) is 0 Å². The molecule has 0 bridgehead atoms. The Kier molecular flexibility index (Phi) is 3.69. The van der Waals surface area contributed by atoms with Crippen molar-refractivity contribution in [3.63, 3.8) is 0 Å². The van der Waals surface area contributed by atoms with E-state index in [0.29, 0.717) is 0 Å². The van der Waals surface area contributed by atoms with Gasteiger partial charge >= 0.3 is 0 Å². The Morgan fingerprint density at radius 2 is 2.00 bits per heavy atom. The normalized spacial score (nSPS) is 9.71. The molecule has 0 aliphatic carbocycles. The highest BCUT2D eigenvalue weighted by molar-refractivity contribution is 5.82. The van der Waals surface area contributed by atoms with Crippen molar-refractivity contribution in [1.82, 2.24) is 9.78 Å². The lowest BCUT2D eigenvalue weighted by atomic mass is 10.1. The minimum atomic E-state index is 1.07. The number of fused-ring (bicyclic) bond motifs is 1. The van der Waals surface area contributed by atoms with Gasteiger partial charge in [-0.25, -0.2) is 0 Å². The molecule has 0 aliphatic heterocycles. The first-order valence-electron chi connectivity index (χ1n) is 5.22. The topological polar surface area (TPSA) is 17.8 Å². The van der Waals surface area contributed by atoms with Crippen molar-refractivity contribution in [3.05, 3.63) is 30.0 Å². The molecule has 2 nitrogen and oxygen atoms in total. The van der Waals surface area contributed by atoms with Crippen LogP contribution in [-0.2, 0) is 13.5 Å². The number of hydrogen-bond acceptors (Lipinski definition) is 1. The maximum atomic E-state index is 4.22. The zero-order valence-corrected chi connectivity index (χ0v) is 9.41. The van der Waals surface area contributed by atoms with E-state index >= 15 is 0 Å². The SMILES string of the molecule is CC.CCc1cccc2c1cnn2C. The van der Waals surface area contributed by atoms with E-state index in [4.69, 9.17) is 0 Å². The molecule has 1 heterocycles. The number of nitrogens with zero attached hydrogens (tertiary/aromatic N) is 2. The summed E-state index contributed by atoms with van der Waals surface area (Å²) in [5.74, 6) is 0.